The predicted molar refractivity (Wildman–Crippen MR) is 520 cm³/mol. The van der Waals surface area contributed by atoms with Crippen molar-refractivity contribution in [3.63, 3.8) is 0 Å². The summed E-state index contributed by atoms with van der Waals surface area (Å²) in [5.41, 5.74) is 31.1. The van der Waals surface area contributed by atoms with Crippen molar-refractivity contribution < 1.29 is 46.5 Å². The Bertz CT molecular complexity index is 6900. The van der Waals surface area contributed by atoms with Gasteiger partial charge in [0.05, 0.1) is 27.8 Å². The molecule has 2 saturated carbocycles. The van der Waals surface area contributed by atoms with E-state index in [1.807, 2.05) is 0 Å². The zero-order chi connectivity index (χ0) is 89.4. The average molecular weight is 1690 g/mol. The Morgan fingerprint density at radius 3 is 0.850 bits per heavy atom. The molecule has 7 aliphatic rings. The molecule has 0 saturated heterocycles. The first-order valence-electron chi connectivity index (χ1n) is 46.6. The van der Waals surface area contributed by atoms with Gasteiger partial charge >= 0.3 is 0 Å². The van der Waals surface area contributed by atoms with E-state index in [4.69, 9.17) is 23.7 Å². The van der Waals surface area contributed by atoms with Gasteiger partial charge in [-0.2, -0.15) is 22.8 Å². The highest BCUT2D eigenvalue weighted by atomic mass is 16.5. The van der Waals surface area contributed by atoms with Gasteiger partial charge in [-0.05, 0) is 242 Å². The van der Waals surface area contributed by atoms with Gasteiger partial charge in [-0.1, -0.05) is 167 Å². The van der Waals surface area contributed by atoms with E-state index < -0.39 is 0 Å². The highest BCUT2D eigenvalue weighted by Crippen LogP contribution is 2.62. The van der Waals surface area contributed by atoms with Crippen LogP contribution in [-0.4, -0.2) is 28.0 Å². The number of aromatic nitrogens is 5. The molecule has 0 atom stereocenters. The smallest absolute Gasteiger partial charge is 0.216 e. The number of rotatable bonds is 5. The Morgan fingerprint density at radius 2 is 0.504 bits per heavy atom. The summed E-state index contributed by atoms with van der Waals surface area (Å²) in [5, 5.41) is 6.30. The molecule has 10 heterocycles. The molecule has 5 aliphatic heterocycles. The van der Waals surface area contributed by atoms with Crippen LogP contribution < -0.4 is 46.5 Å². The van der Waals surface area contributed by atoms with Crippen molar-refractivity contribution in [1.29, 1.82) is 0 Å². The molecule has 0 amide bonds. The van der Waals surface area contributed by atoms with Crippen LogP contribution in [0, 0.1) is 34.6 Å². The number of fused-ring (bicyclic) bond motifs is 12. The van der Waals surface area contributed by atoms with Crippen LogP contribution in [0.2, 0.25) is 0 Å². The van der Waals surface area contributed by atoms with Crippen LogP contribution in [-0.2, 0) is 64.3 Å². The minimum atomic E-state index is -0.229. The maximum absolute atomic E-state index is 6.81. The molecule has 10 aromatic carbocycles. The number of nitrogens with zero attached hydrogens (tertiary/aromatic N) is 5. The minimum absolute atomic E-state index is 0.0276. The van der Waals surface area contributed by atoms with Gasteiger partial charge in [0.25, 0.3) is 0 Å². The van der Waals surface area contributed by atoms with E-state index in [9.17, 15) is 0 Å². The highest BCUT2D eigenvalue weighted by molar-refractivity contribution is 5.86. The maximum atomic E-state index is 6.81. The molecule has 10 nitrogen and oxygen atoms in total. The van der Waals surface area contributed by atoms with Crippen LogP contribution in [0.3, 0.4) is 0 Å². The molecule has 2 aliphatic carbocycles. The molecule has 5 aromatic heterocycles. The van der Waals surface area contributed by atoms with Crippen molar-refractivity contribution in [1.82, 2.24) is 0 Å². The topological polar surface area (TPSA) is 65.5 Å². The summed E-state index contributed by atoms with van der Waals surface area (Å²) in [6, 6.07) is 87.6. The summed E-state index contributed by atoms with van der Waals surface area (Å²) in [5.74, 6) is 5.41. The Balaban J connectivity index is 0.000000108. The molecule has 0 radical (unpaired) electrons. The summed E-state index contributed by atoms with van der Waals surface area (Å²) in [4.78, 5) is 0. The average Bonchev–Trinajstić information content (AvgIpc) is 1.55. The zero-order valence-corrected chi connectivity index (χ0v) is 79.4. The van der Waals surface area contributed by atoms with Crippen LogP contribution in [0.5, 0.6) is 28.7 Å². The molecule has 22 rings (SSSR count). The quantitative estimate of drug-likeness (QED) is 0.161. The van der Waals surface area contributed by atoms with Crippen LogP contribution in [0.4, 0.5) is 0 Å². The molecule has 15 aromatic rings. The Labute approximate surface area is 753 Å². The third-order valence-corrected chi connectivity index (χ3v) is 30.8. The van der Waals surface area contributed by atoms with Gasteiger partial charge in [0.15, 0.2) is 0 Å². The fourth-order valence-electron chi connectivity index (χ4n) is 22.7. The van der Waals surface area contributed by atoms with Crippen LogP contribution >= 0.6 is 0 Å². The van der Waals surface area contributed by atoms with Crippen molar-refractivity contribution in [2.45, 2.75) is 239 Å². The number of para-hydroxylation sites is 5. The fraction of sp³-hybridized carbons (Fsp3) is 0.359. The molecule has 0 N–H and O–H groups in total. The normalized spacial score (nSPS) is 17.7. The lowest BCUT2D eigenvalue weighted by Crippen LogP contribution is -2.47. The second-order valence-electron chi connectivity index (χ2n) is 40.9. The molecule has 127 heavy (non-hydrogen) atoms. The van der Waals surface area contributed by atoms with Crippen LogP contribution in [0.15, 0.2) is 243 Å². The van der Waals surface area contributed by atoms with E-state index >= 15 is 0 Å². The number of pyridine rings is 5. The number of aryl methyl sites for hydroxylation is 11. The van der Waals surface area contributed by atoms with E-state index in [0.717, 1.165) is 48.0 Å². The van der Waals surface area contributed by atoms with Crippen molar-refractivity contribution >= 4 is 54.5 Å². The standard InChI is InChI=1S/C26H30NO.C25H28NO.C23H26NO.C22H24NO.C21H22NO/c1-18-12-14-20-24(28-25(2,3)26(20)16-8-5-9-17-26)23(18)22-15-13-19-10-6-7-11-21(19)27(22)4;1-17-11-13-19-23(27-24(2,3)25(19)15-7-8-16-25)22(17)21-14-12-18-9-5-6-10-20(18)26(21)4;1-15-11-13-17-21(25-23(4,5)22(17,2)3)20(15)19-14-12-16-9-7-8-10-18(16)24(19)6;1-15-9-10-17-13-14-22(2,3)24-21(17)20(15)19-12-11-16-7-5-6-8-18(16)23(19)4;1-14-9-10-16-13-21(2,3)23-20(16)19(14)18-12-11-15-7-5-6-8-17(15)22(18)4/h6-7,10-15H,5,8-9,16-17H2,1-4H3;5-6,9-14H,7-8,15-16H2,1-4H3;7-14H,1-6H3;5-12H,13-14H2,1-4H3;5-12H,13H2,1-4H3/q5*+1. The zero-order valence-electron chi connectivity index (χ0n) is 79.4. The fourth-order valence-corrected chi connectivity index (χ4v) is 22.7. The summed E-state index contributed by atoms with van der Waals surface area (Å²) < 4.78 is 44.3. The van der Waals surface area contributed by atoms with Gasteiger partial charge < -0.3 is 23.7 Å². The number of ether oxygens (including phenoxy) is 5. The molecule has 648 valence electrons. The summed E-state index contributed by atoms with van der Waals surface area (Å²) >= 11 is 0. The van der Waals surface area contributed by atoms with Gasteiger partial charge in [0, 0.05) is 127 Å². The van der Waals surface area contributed by atoms with E-state index in [0.29, 0.717) is 0 Å². The predicted octanol–water partition coefficient (Wildman–Crippen LogP) is 25.8. The summed E-state index contributed by atoms with van der Waals surface area (Å²) in [6.45, 7) is 37.7. The van der Waals surface area contributed by atoms with E-state index in [2.05, 4.69) is 418 Å². The van der Waals surface area contributed by atoms with Crippen LogP contribution in [0.25, 0.3) is 111 Å². The molecule has 2 spiro atoms. The van der Waals surface area contributed by atoms with Gasteiger partial charge in [0.1, 0.15) is 92.0 Å². The highest BCUT2D eigenvalue weighted by Gasteiger charge is 2.58. The maximum Gasteiger partial charge on any atom is 0.216 e. The van der Waals surface area contributed by atoms with Crippen molar-refractivity contribution in [2.24, 2.45) is 35.2 Å². The third kappa shape index (κ3) is 14.7. The van der Waals surface area contributed by atoms with E-state index in [1.54, 1.807) is 0 Å². The van der Waals surface area contributed by atoms with Crippen LogP contribution in [0.1, 0.15) is 203 Å². The second kappa shape index (κ2) is 32.2. The molecule has 0 bridgehead atoms. The lowest BCUT2D eigenvalue weighted by molar-refractivity contribution is -0.633. The monoisotopic (exact) mass is 1690 g/mol. The molecular formula is C117H130N5O5+5. The summed E-state index contributed by atoms with van der Waals surface area (Å²) in [6.07, 6.45) is 14.6. The van der Waals surface area contributed by atoms with Gasteiger partial charge in [-0.15, -0.1) is 0 Å². The van der Waals surface area contributed by atoms with Crippen molar-refractivity contribution in [2.75, 3.05) is 0 Å². The molecule has 10 heteroatoms. The minimum Gasteiger partial charge on any atom is -0.487 e. The van der Waals surface area contributed by atoms with E-state index in [-0.39, 0.29) is 44.3 Å². The first-order valence-corrected chi connectivity index (χ1v) is 46.6. The second-order valence-corrected chi connectivity index (χ2v) is 40.9. The first-order chi connectivity index (χ1) is 60.6. The van der Waals surface area contributed by atoms with Crippen molar-refractivity contribution in [3.8, 4) is 85.0 Å². The molecular weight excluding hydrogens is 1560 g/mol. The number of benzene rings is 10. The summed E-state index contributed by atoms with van der Waals surface area (Å²) in [7, 11) is 10.8. The van der Waals surface area contributed by atoms with Gasteiger partial charge in [-0.3, -0.25) is 0 Å². The Morgan fingerprint density at radius 1 is 0.236 bits per heavy atom. The number of hydrogen-bond donors (Lipinski definition) is 0. The first kappa shape index (κ1) is 86.0. The Hall–Kier alpha value is -11.8. The molecule has 2 fully saturated rings. The van der Waals surface area contributed by atoms with E-state index in [1.165, 1.54) is 224 Å². The SMILES string of the molecule is Cc1ccc2c(c1-c1ccc3ccccc3[n+]1C)OC(C)(C)C2.Cc1ccc2c(c1-c1ccc3ccccc3[n+]1C)OC(C)(C)C2(C)C.Cc1ccc2c(c1-c1ccc3ccccc3[n+]1C)OC(C)(C)C21CCCC1.Cc1ccc2c(c1-c1ccc3ccccc3[n+]1C)OC(C)(C)C21CCCCC1.Cc1ccc2c(c1-c1ccc3ccccc3[n+]1C)OC(C)(C)CC2. The Kier molecular flexibility index (Phi) is 21.8. The number of hydrogen-bond acceptors (Lipinski definition) is 5. The van der Waals surface area contributed by atoms with Crippen molar-refractivity contribution in [3.05, 3.63) is 298 Å². The lowest BCUT2D eigenvalue weighted by Gasteiger charge is -2.43. The molecule has 0 unspecified atom stereocenters. The van der Waals surface area contributed by atoms with Gasteiger partial charge in [0.2, 0.25) is 56.1 Å². The largest absolute Gasteiger partial charge is 0.487 e. The van der Waals surface area contributed by atoms with Gasteiger partial charge in [-0.25, -0.2) is 0 Å². The third-order valence-electron chi connectivity index (χ3n) is 30.8. The lowest BCUT2D eigenvalue weighted by atomic mass is 9.62.